The highest BCUT2D eigenvalue weighted by molar-refractivity contribution is 5.92. The fraction of sp³-hybridized carbons (Fsp3) is 0.400. The Morgan fingerprint density at radius 3 is 2.96 bits per heavy atom. The maximum absolute atomic E-state index is 12.9. The van der Waals surface area contributed by atoms with Gasteiger partial charge in [-0.1, -0.05) is 6.07 Å². The van der Waals surface area contributed by atoms with Crippen molar-refractivity contribution in [1.29, 1.82) is 0 Å². The van der Waals surface area contributed by atoms with E-state index in [0.717, 1.165) is 37.3 Å². The number of aromatic nitrogens is 4. The number of piperidine rings is 1. The van der Waals surface area contributed by atoms with E-state index in [1.54, 1.807) is 13.1 Å². The maximum Gasteiger partial charge on any atom is 0.291 e. The molecule has 1 aliphatic heterocycles. The summed E-state index contributed by atoms with van der Waals surface area (Å²) >= 11 is 0. The molecular weight excluding hydrogens is 342 g/mol. The Kier molecular flexibility index (Phi) is 4.75. The standard InChI is InChI=1S/C20H23N5O2/c1-14-18(27-15(2)23-14)20(26)25-9-4-6-17(13-25)19-22-8-10-24(19)12-16-5-3-7-21-11-16/h3,5,7-8,10-11,17H,4,6,9,12-13H2,1-2H3. The molecule has 7 nitrogen and oxygen atoms in total. The number of nitrogens with zero attached hydrogens (tertiary/aromatic N) is 5. The van der Waals surface area contributed by atoms with E-state index >= 15 is 0 Å². The van der Waals surface area contributed by atoms with E-state index in [1.807, 2.05) is 36.5 Å². The molecule has 0 saturated carbocycles. The first-order valence-corrected chi connectivity index (χ1v) is 9.25. The Labute approximate surface area is 158 Å². The van der Waals surface area contributed by atoms with Crippen molar-refractivity contribution in [3.63, 3.8) is 0 Å². The van der Waals surface area contributed by atoms with Crippen molar-refractivity contribution in [2.45, 2.75) is 39.2 Å². The van der Waals surface area contributed by atoms with Gasteiger partial charge in [0.15, 0.2) is 5.89 Å². The van der Waals surface area contributed by atoms with Crippen LogP contribution in [0.1, 0.15) is 52.3 Å². The van der Waals surface area contributed by atoms with Gasteiger partial charge in [-0.3, -0.25) is 9.78 Å². The SMILES string of the molecule is Cc1nc(C)c(C(=O)N2CCCC(c3nccn3Cc3cccnc3)C2)o1. The fourth-order valence-corrected chi connectivity index (χ4v) is 3.75. The number of hydrogen-bond acceptors (Lipinski definition) is 5. The number of imidazole rings is 1. The molecule has 3 aromatic heterocycles. The summed E-state index contributed by atoms with van der Waals surface area (Å²) in [5, 5.41) is 0. The molecule has 0 aliphatic carbocycles. The van der Waals surface area contributed by atoms with Crippen molar-refractivity contribution in [2.75, 3.05) is 13.1 Å². The number of carbonyl (C=O) groups is 1. The highest BCUT2D eigenvalue weighted by Gasteiger charge is 2.30. The molecule has 1 unspecified atom stereocenters. The molecule has 4 heterocycles. The lowest BCUT2D eigenvalue weighted by atomic mass is 9.96. The van der Waals surface area contributed by atoms with Gasteiger partial charge in [-0.15, -0.1) is 0 Å². The van der Waals surface area contributed by atoms with Crippen molar-refractivity contribution in [2.24, 2.45) is 0 Å². The number of amides is 1. The van der Waals surface area contributed by atoms with Crippen molar-refractivity contribution in [1.82, 2.24) is 24.4 Å². The third-order valence-corrected chi connectivity index (χ3v) is 4.99. The van der Waals surface area contributed by atoms with Crippen molar-refractivity contribution in [3.8, 4) is 0 Å². The summed E-state index contributed by atoms with van der Waals surface area (Å²) in [6, 6.07) is 4.00. The molecule has 0 radical (unpaired) electrons. The number of pyridine rings is 1. The largest absolute Gasteiger partial charge is 0.436 e. The van der Waals surface area contributed by atoms with Crippen LogP contribution < -0.4 is 0 Å². The molecule has 1 saturated heterocycles. The Hall–Kier alpha value is -2.96. The van der Waals surface area contributed by atoms with E-state index in [0.29, 0.717) is 23.9 Å². The summed E-state index contributed by atoms with van der Waals surface area (Å²) in [5.41, 5.74) is 1.78. The second-order valence-electron chi connectivity index (χ2n) is 7.01. The molecule has 0 N–H and O–H groups in total. The Balaban J connectivity index is 1.51. The molecule has 27 heavy (non-hydrogen) atoms. The van der Waals surface area contributed by atoms with E-state index in [4.69, 9.17) is 4.42 Å². The molecule has 1 fully saturated rings. The molecule has 7 heteroatoms. The Morgan fingerprint density at radius 1 is 1.33 bits per heavy atom. The number of likely N-dealkylation sites (tertiary alicyclic amines) is 1. The normalized spacial score (nSPS) is 17.3. The Bertz CT molecular complexity index is 931. The van der Waals surface area contributed by atoms with Crippen LogP contribution >= 0.6 is 0 Å². The molecule has 0 aromatic carbocycles. The lowest BCUT2D eigenvalue weighted by Crippen LogP contribution is -2.40. The average molecular weight is 365 g/mol. The van der Waals surface area contributed by atoms with Gasteiger partial charge >= 0.3 is 0 Å². The third-order valence-electron chi connectivity index (χ3n) is 4.99. The molecule has 1 aliphatic rings. The highest BCUT2D eigenvalue weighted by atomic mass is 16.4. The number of rotatable bonds is 4. The second-order valence-corrected chi connectivity index (χ2v) is 7.01. The topological polar surface area (TPSA) is 77.1 Å². The zero-order valence-corrected chi connectivity index (χ0v) is 15.6. The predicted molar refractivity (Wildman–Crippen MR) is 99.4 cm³/mol. The van der Waals surface area contributed by atoms with Crippen LogP contribution in [-0.2, 0) is 6.54 Å². The zero-order valence-electron chi connectivity index (χ0n) is 15.6. The predicted octanol–water partition coefficient (Wildman–Crippen LogP) is 2.95. The van der Waals surface area contributed by atoms with Gasteiger partial charge in [0.1, 0.15) is 5.82 Å². The van der Waals surface area contributed by atoms with Gasteiger partial charge in [-0.25, -0.2) is 9.97 Å². The van der Waals surface area contributed by atoms with Crippen LogP contribution in [0.2, 0.25) is 0 Å². The molecular formula is C20H23N5O2. The molecule has 0 bridgehead atoms. The molecule has 140 valence electrons. The number of oxazole rings is 1. The van der Waals surface area contributed by atoms with Gasteiger partial charge in [-0.05, 0) is 31.4 Å². The van der Waals surface area contributed by atoms with Crippen molar-refractivity contribution in [3.05, 3.63) is 65.7 Å². The summed E-state index contributed by atoms with van der Waals surface area (Å²) in [7, 11) is 0. The molecule has 3 aromatic rings. The van der Waals surface area contributed by atoms with Gasteiger partial charge in [-0.2, -0.15) is 0 Å². The van der Waals surface area contributed by atoms with Crippen LogP contribution in [0.5, 0.6) is 0 Å². The van der Waals surface area contributed by atoms with Crippen LogP contribution in [0, 0.1) is 13.8 Å². The summed E-state index contributed by atoms with van der Waals surface area (Å²) in [6.07, 6.45) is 9.43. The van der Waals surface area contributed by atoms with Gasteiger partial charge in [0.05, 0.1) is 12.2 Å². The lowest BCUT2D eigenvalue weighted by molar-refractivity contribution is 0.0669. The fourth-order valence-electron chi connectivity index (χ4n) is 3.75. The summed E-state index contributed by atoms with van der Waals surface area (Å²) in [6.45, 7) is 5.68. The molecule has 1 amide bonds. The minimum absolute atomic E-state index is 0.0804. The van der Waals surface area contributed by atoms with Gasteiger partial charge in [0.25, 0.3) is 5.91 Å². The minimum atomic E-state index is -0.0804. The quantitative estimate of drug-likeness (QED) is 0.710. The van der Waals surface area contributed by atoms with Crippen LogP contribution in [-0.4, -0.2) is 43.4 Å². The van der Waals surface area contributed by atoms with Crippen LogP contribution in [0.15, 0.2) is 41.3 Å². The minimum Gasteiger partial charge on any atom is -0.436 e. The molecule has 1 atom stereocenters. The maximum atomic E-state index is 12.9. The summed E-state index contributed by atoms with van der Waals surface area (Å²) in [5.74, 6) is 2.02. The number of carbonyl (C=O) groups excluding carboxylic acids is 1. The third kappa shape index (κ3) is 3.63. The summed E-state index contributed by atoms with van der Waals surface area (Å²) < 4.78 is 7.68. The lowest BCUT2D eigenvalue weighted by Gasteiger charge is -2.32. The smallest absolute Gasteiger partial charge is 0.291 e. The summed E-state index contributed by atoms with van der Waals surface area (Å²) in [4.78, 5) is 27.7. The van der Waals surface area contributed by atoms with E-state index < -0.39 is 0 Å². The average Bonchev–Trinajstić information content (AvgIpc) is 3.28. The first-order valence-electron chi connectivity index (χ1n) is 9.25. The second kappa shape index (κ2) is 7.34. The van der Waals surface area contributed by atoms with Crippen LogP contribution in [0.25, 0.3) is 0 Å². The van der Waals surface area contributed by atoms with Crippen LogP contribution in [0.3, 0.4) is 0 Å². The van der Waals surface area contributed by atoms with E-state index in [9.17, 15) is 4.79 Å². The first-order chi connectivity index (χ1) is 13.1. The van der Waals surface area contributed by atoms with Crippen LogP contribution in [0.4, 0.5) is 0 Å². The number of hydrogen-bond donors (Lipinski definition) is 0. The van der Waals surface area contributed by atoms with Gasteiger partial charge < -0.3 is 13.9 Å². The zero-order chi connectivity index (χ0) is 18.8. The molecule has 0 spiro atoms. The first kappa shape index (κ1) is 17.5. The van der Waals surface area contributed by atoms with Gasteiger partial charge in [0, 0.05) is 50.7 Å². The highest BCUT2D eigenvalue weighted by Crippen LogP contribution is 2.27. The van der Waals surface area contributed by atoms with Crippen molar-refractivity contribution < 1.29 is 9.21 Å². The Morgan fingerprint density at radius 2 is 2.22 bits per heavy atom. The number of aryl methyl sites for hydroxylation is 2. The molecule has 4 rings (SSSR count). The van der Waals surface area contributed by atoms with Crippen molar-refractivity contribution >= 4 is 5.91 Å². The van der Waals surface area contributed by atoms with Gasteiger partial charge in [0.2, 0.25) is 5.76 Å². The monoisotopic (exact) mass is 365 g/mol. The van der Waals surface area contributed by atoms with E-state index in [2.05, 4.69) is 25.6 Å². The van der Waals surface area contributed by atoms with E-state index in [-0.39, 0.29) is 11.8 Å². The van der Waals surface area contributed by atoms with E-state index in [1.165, 1.54) is 0 Å².